The number of anilines is 1. The highest BCUT2D eigenvalue weighted by molar-refractivity contribution is 5.85. The zero-order valence-electron chi connectivity index (χ0n) is 8.81. The van der Waals surface area contributed by atoms with Crippen LogP contribution in [0.2, 0.25) is 0 Å². The van der Waals surface area contributed by atoms with Crippen LogP contribution in [0.1, 0.15) is 23.3 Å². The SMILES string of the molecule is O=C(O)c1cccc(NCC2(CO)CC2)n1. The molecular weight excluding hydrogens is 208 g/mol. The molecule has 3 N–H and O–H groups in total. The first kappa shape index (κ1) is 10.9. The molecule has 1 fully saturated rings. The van der Waals surface area contributed by atoms with E-state index < -0.39 is 5.97 Å². The second kappa shape index (κ2) is 4.09. The molecule has 1 heterocycles. The topological polar surface area (TPSA) is 82.5 Å². The number of nitrogens with one attached hydrogen (secondary N) is 1. The van der Waals surface area contributed by atoms with Crippen molar-refractivity contribution < 1.29 is 15.0 Å². The molecule has 1 aliphatic carbocycles. The van der Waals surface area contributed by atoms with E-state index in [2.05, 4.69) is 10.3 Å². The molecule has 0 bridgehead atoms. The van der Waals surface area contributed by atoms with Gasteiger partial charge in [0.25, 0.3) is 0 Å². The molecule has 2 rings (SSSR count). The molecule has 1 aliphatic rings. The van der Waals surface area contributed by atoms with Crippen LogP contribution in [0.25, 0.3) is 0 Å². The average Bonchev–Trinajstić information content (AvgIpc) is 3.07. The number of aliphatic hydroxyl groups is 1. The van der Waals surface area contributed by atoms with Crippen LogP contribution in [-0.2, 0) is 0 Å². The van der Waals surface area contributed by atoms with Gasteiger partial charge < -0.3 is 15.5 Å². The molecule has 0 radical (unpaired) electrons. The summed E-state index contributed by atoms with van der Waals surface area (Å²) in [5.74, 6) is -0.494. The molecule has 16 heavy (non-hydrogen) atoms. The van der Waals surface area contributed by atoms with Crippen LogP contribution < -0.4 is 5.32 Å². The minimum absolute atomic E-state index is 0.0130. The monoisotopic (exact) mass is 222 g/mol. The Balaban J connectivity index is 1.99. The van der Waals surface area contributed by atoms with Crippen molar-refractivity contribution in [3.63, 3.8) is 0 Å². The second-order valence-electron chi connectivity index (χ2n) is 4.22. The standard InChI is InChI=1S/C11H14N2O3/c14-7-11(4-5-11)6-12-9-3-1-2-8(13-9)10(15)16/h1-3,14H,4-7H2,(H,12,13)(H,15,16). The number of rotatable bonds is 5. The van der Waals surface area contributed by atoms with Crippen molar-refractivity contribution in [2.45, 2.75) is 12.8 Å². The van der Waals surface area contributed by atoms with Crippen molar-refractivity contribution in [2.24, 2.45) is 5.41 Å². The van der Waals surface area contributed by atoms with Crippen LogP contribution in [0, 0.1) is 5.41 Å². The van der Waals surface area contributed by atoms with Crippen molar-refractivity contribution in [2.75, 3.05) is 18.5 Å². The van der Waals surface area contributed by atoms with E-state index in [0.29, 0.717) is 12.4 Å². The molecule has 0 amide bonds. The zero-order chi connectivity index (χ0) is 11.6. The number of aliphatic hydroxyl groups excluding tert-OH is 1. The van der Waals surface area contributed by atoms with Crippen molar-refractivity contribution in [1.29, 1.82) is 0 Å². The summed E-state index contributed by atoms with van der Waals surface area (Å²) in [6.45, 7) is 0.804. The summed E-state index contributed by atoms with van der Waals surface area (Å²) in [4.78, 5) is 14.6. The first-order valence-corrected chi connectivity index (χ1v) is 5.20. The van der Waals surface area contributed by atoms with Crippen LogP contribution >= 0.6 is 0 Å². The number of pyridine rings is 1. The third kappa shape index (κ3) is 2.30. The van der Waals surface area contributed by atoms with Crippen LogP contribution in [0.15, 0.2) is 18.2 Å². The van der Waals surface area contributed by atoms with Crippen LogP contribution in [0.3, 0.4) is 0 Å². The second-order valence-corrected chi connectivity index (χ2v) is 4.22. The van der Waals surface area contributed by atoms with Gasteiger partial charge in [0, 0.05) is 12.0 Å². The predicted molar refractivity (Wildman–Crippen MR) is 58.4 cm³/mol. The third-order valence-corrected chi connectivity index (χ3v) is 2.91. The van der Waals surface area contributed by atoms with Gasteiger partial charge in [-0.3, -0.25) is 0 Å². The molecule has 0 atom stereocenters. The average molecular weight is 222 g/mol. The summed E-state index contributed by atoms with van der Waals surface area (Å²) < 4.78 is 0. The van der Waals surface area contributed by atoms with Crippen LogP contribution in [0.5, 0.6) is 0 Å². The Labute approximate surface area is 93.1 Å². The number of aromatic nitrogens is 1. The van der Waals surface area contributed by atoms with E-state index in [0.717, 1.165) is 12.8 Å². The van der Waals surface area contributed by atoms with E-state index in [4.69, 9.17) is 10.2 Å². The maximum Gasteiger partial charge on any atom is 0.354 e. The quantitative estimate of drug-likeness (QED) is 0.691. The Morgan fingerprint density at radius 1 is 1.50 bits per heavy atom. The van der Waals surface area contributed by atoms with Crippen molar-refractivity contribution >= 4 is 11.8 Å². The summed E-state index contributed by atoms with van der Waals surface area (Å²) in [7, 11) is 0. The smallest absolute Gasteiger partial charge is 0.354 e. The summed E-state index contributed by atoms with van der Waals surface area (Å²) in [6.07, 6.45) is 2.02. The predicted octanol–water partition coefficient (Wildman–Crippen LogP) is 0.964. The maximum absolute atomic E-state index is 10.7. The number of carboxylic acid groups (broad SMARTS) is 1. The molecule has 1 aromatic rings. The van der Waals surface area contributed by atoms with Gasteiger partial charge in [0.15, 0.2) is 5.69 Å². The highest BCUT2D eigenvalue weighted by atomic mass is 16.4. The fraction of sp³-hybridized carbons (Fsp3) is 0.455. The summed E-state index contributed by atoms with van der Waals surface area (Å²) in [5, 5.41) is 20.9. The first-order chi connectivity index (χ1) is 7.65. The van der Waals surface area contributed by atoms with Gasteiger partial charge >= 0.3 is 5.97 Å². The summed E-state index contributed by atoms with van der Waals surface area (Å²) in [6, 6.07) is 4.82. The highest BCUT2D eigenvalue weighted by Gasteiger charge is 2.41. The number of hydrogen-bond acceptors (Lipinski definition) is 4. The fourth-order valence-corrected chi connectivity index (χ4v) is 1.50. The lowest BCUT2D eigenvalue weighted by molar-refractivity contribution is 0.0690. The van der Waals surface area contributed by atoms with E-state index in [9.17, 15) is 4.79 Å². The molecule has 1 aromatic heterocycles. The van der Waals surface area contributed by atoms with Gasteiger partial charge in [-0.15, -0.1) is 0 Å². The van der Waals surface area contributed by atoms with E-state index in [1.807, 2.05) is 0 Å². The highest BCUT2D eigenvalue weighted by Crippen LogP contribution is 2.44. The van der Waals surface area contributed by atoms with Gasteiger partial charge in [-0.1, -0.05) is 6.07 Å². The molecule has 0 saturated heterocycles. The fourth-order valence-electron chi connectivity index (χ4n) is 1.50. The van der Waals surface area contributed by atoms with Crippen molar-refractivity contribution in [1.82, 2.24) is 4.98 Å². The molecule has 1 saturated carbocycles. The molecule has 86 valence electrons. The summed E-state index contributed by atoms with van der Waals surface area (Å²) in [5.41, 5.74) is 0.0137. The Bertz CT molecular complexity index is 402. The Hall–Kier alpha value is -1.62. The van der Waals surface area contributed by atoms with Gasteiger partial charge in [0.1, 0.15) is 5.82 Å². The molecular formula is C11H14N2O3. The molecule has 0 aromatic carbocycles. The first-order valence-electron chi connectivity index (χ1n) is 5.20. The van der Waals surface area contributed by atoms with E-state index >= 15 is 0 Å². The Morgan fingerprint density at radius 2 is 2.25 bits per heavy atom. The number of hydrogen-bond donors (Lipinski definition) is 3. The minimum atomic E-state index is -1.04. The van der Waals surface area contributed by atoms with Gasteiger partial charge in [-0.25, -0.2) is 9.78 Å². The van der Waals surface area contributed by atoms with Crippen molar-refractivity contribution in [3.05, 3.63) is 23.9 Å². The normalized spacial score (nSPS) is 16.8. The molecule has 0 spiro atoms. The van der Waals surface area contributed by atoms with Gasteiger partial charge in [0.05, 0.1) is 6.61 Å². The molecule has 5 heteroatoms. The Morgan fingerprint density at radius 3 is 2.81 bits per heavy atom. The zero-order valence-corrected chi connectivity index (χ0v) is 8.81. The van der Waals surface area contributed by atoms with Crippen LogP contribution in [-0.4, -0.2) is 34.3 Å². The largest absolute Gasteiger partial charge is 0.477 e. The lowest BCUT2D eigenvalue weighted by atomic mass is 10.1. The van der Waals surface area contributed by atoms with Crippen molar-refractivity contribution in [3.8, 4) is 0 Å². The number of aromatic carboxylic acids is 1. The van der Waals surface area contributed by atoms with Gasteiger partial charge in [-0.2, -0.15) is 0 Å². The number of nitrogens with zero attached hydrogens (tertiary/aromatic N) is 1. The number of carboxylic acids is 1. The molecule has 5 nitrogen and oxygen atoms in total. The lowest BCUT2D eigenvalue weighted by Gasteiger charge is -2.13. The molecule has 0 unspecified atom stereocenters. The minimum Gasteiger partial charge on any atom is -0.477 e. The number of carbonyl (C=O) groups is 1. The maximum atomic E-state index is 10.7. The summed E-state index contributed by atoms with van der Waals surface area (Å²) >= 11 is 0. The van der Waals surface area contributed by atoms with E-state index in [-0.39, 0.29) is 17.7 Å². The van der Waals surface area contributed by atoms with Gasteiger partial charge in [-0.05, 0) is 25.0 Å². The van der Waals surface area contributed by atoms with Crippen LogP contribution in [0.4, 0.5) is 5.82 Å². The Kier molecular flexibility index (Phi) is 2.78. The van der Waals surface area contributed by atoms with E-state index in [1.165, 1.54) is 6.07 Å². The lowest BCUT2D eigenvalue weighted by Crippen LogP contribution is -2.19. The van der Waals surface area contributed by atoms with E-state index in [1.54, 1.807) is 12.1 Å². The third-order valence-electron chi connectivity index (χ3n) is 2.91. The molecule has 0 aliphatic heterocycles. The van der Waals surface area contributed by atoms with Gasteiger partial charge in [0.2, 0.25) is 0 Å².